The smallest absolute Gasteiger partial charge is 0.408 e. The van der Waals surface area contributed by atoms with Gasteiger partial charge >= 0.3 is 12.1 Å². The third-order valence-corrected chi connectivity index (χ3v) is 5.31. The zero-order valence-corrected chi connectivity index (χ0v) is 20.3. The first-order valence-corrected chi connectivity index (χ1v) is 11.4. The first-order valence-electron chi connectivity index (χ1n) is 11.4. The van der Waals surface area contributed by atoms with Crippen LogP contribution in [0.3, 0.4) is 0 Å². The van der Waals surface area contributed by atoms with Crippen molar-refractivity contribution in [2.75, 3.05) is 0 Å². The van der Waals surface area contributed by atoms with Gasteiger partial charge in [0.15, 0.2) is 6.04 Å². The number of benzene rings is 2. The normalized spacial score (nSPS) is 14.8. The Morgan fingerprint density at radius 1 is 0.784 bits per heavy atom. The Kier molecular flexibility index (Phi) is 10.8. The van der Waals surface area contributed by atoms with E-state index in [0.717, 1.165) is 0 Å². The maximum absolute atomic E-state index is 13.0. The average molecular weight is 518 g/mol. The Bertz CT molecular complexity index is 1060. The summed E-state index contributed by atoms with van der Waals surface area (Å²) in [6.45, 7) is 2.36. The third-order valence-electron chi connectivity index (χ3n) is 5.31. The van der Waals surface area contributed by atoms with Gasteiger partial charge in [-0.05, 0) is 37.1 Å². The molecule has 37 heavy (non-hydrogen) atoms. The van der Waals surface area contributed by atoms with Crippen LogP contribution in [0.25, 0.3) is 0 Å². The van der Waals surface area contributed by atoms with Crippen molar-refractivity contribution in [1.29, 1.82) is 0 Å². The lowest BCUT2D eigenvalue weighted by Gasteiger charge is -2.26. The maximum atomic E-state index is 13.0. The number of carbonyl (C=O) groups is 4. The van der Waals surface area contributed by atoms with Crippen LogP contribution in [-0.2, 0) is 32.1 Å². The average Bonchev–Trinajstić information content (AvgIpc) is 2.85. The van der Waals surface area contributed by atoms with Crippen LogP contribution in [0.1, 0.15) is 25.0 Å². The molecule has 0 fully saturated rings. The highest BCUT2D eigenvalue weighted by atomic mass is 16.5. The first kappa shape index (κ1) is 29.1. The molecule has 2 aromatic carbocycles. The van der Waals surface area contributed by atoms with E-state index in [1.54, 1.807) is 30.3 Å². The van der Waals surface area contributed by atoms with E-state index in [2.05, 4.69) is 16.0 Å². The second kappa shape index (κ2) is 13.8. The Labute approximate surface area is 213 Å². The van der Waals surface area contributed by atoms with Gasteiger partial charge in [0, 0.05) is 6.42 Å². The summed E-state index contributed by atoms with van der Waals surface area (Å²) in [5.74, 6) is -3.37. The minimum absolute atomic E-state index is 0.0266. The first-order chi connectivity index (χ1) is 17.5. The molecule has 0 aromatic heterocycles. The summed E-state index contributed by atoms with van der Waals surface area (Å²) in [6, 6.07) is 9.98. The minimum Gasteiger partial charge on any atom is -0.508 e. The topological polar surface area (TPSA) is 195 Å². The number of hydrogen-bond donors (Lipinski definition) is 7. The van der Waals surface area contributed by atoms with Gasteiger partial charge in [0.1, 0.15) is 24.4 Å². The number of carboxylic acids is 1. The van der Waals surface area contributed by atoms with Gasteiger partial charge in [-0.15, -0.1) is 0 Å². The zero-order chi connectivity index (χ0) is 27.5. The molecular formula is C25H31N3O9. The number of carboxylic acid groups (broad SMARTS) is 1. The van der Waals surface area contributed by atoms with Crippen LogP contribution < -0.4 is 16.0 Å². The molecule has 12 nitrogen and oxygen atoms in total. The summed E-state index contributed by atoms with van der Waals surface area (Å²) >= 11 is 0. The number of phenols is 1. The van der Waals surface area contributed by atoms with E-state index in [-0.39, 0.29) is 18.8 Å². The van der Waals surface area contributed by atoms with Crippen molar-refractivity contribution in [1.82, 2.24) is 16.0 Å². The van der Waals surface area contributed by atoms with Crippen molar-refractivity contribution in [2.45, 2.75) is 57.2 Å². The highest BCUT2D eigenvalue weighted by Crippen LogP contribution is 2.12. The number of nitrogens with one attached hydrogen (secondary N) is 3. The number of carbonyl (C=O) groups excluding carboxylic acids is 3. The number of aliphatic hydroxyl groups excluding tert-OH is 2. The molecule has 0 bridgehead atoms. The molecule has 0 aliphatic carbocycles. The molecule has 2 rings (SSSR count). The van der Waals surface area contributed by atoms with E-state index in [0.29, 0.717) is 11.1 Å². The van der Waals surface area contributed by atoms with Gasteiger partial charge in [0.2, 0.25) is 11.8 Å². The Balaban J connectivity index is 2.15. The monoisotopic (exact) mass is 517 g/mol. The molecule has 0 heterocycles. The van der Waals surface area contributed by atoms with Crippen molar-refractivity contribution in [3.8, 4) is 5.75 Å². The van der Waals surface area contributed by atoms with Crippen molar-refractivity contribution >= 4 is 23.9 Å². The Morgan fingerprint density at radius 2 is 1.38 bits per heavy atom. The lowest BCUT2D eigenvalue weighted by atomic mass is 10.0. The van der Waals surface area contributed by atoms with Crippen molar-refractivity contribution in [2.24, 2.45) is 0 Å². The summed E-state index contributed by atoms with van der Waals surface area (Å²) in [6.07, 6.45) is -3.93. The summed E-state index contributed by atoms with van der Waals surface area (Å²) in [7, 11) is 0. The third kappa shape index (κ3) is 9.43. The van der Waals surface area contributed by atoms with E-state index >= 15 is 0 Å². The van der Waals surface area contributed by atoms with Crippen molar-refractivity contribution in [3.63, 3.8) is 0 Å². The Hall–Kier alpha value is -4.16. The van der Waals surface area contributed by atoms with Gasteiger partial charge in [0.05, 0.1) is 12.2 Å². The fourth-order valence-electron chi connectivity index (χ4n) is 3.28. The molecule has 200 valence electrons. The molecule has 0 spiro atoms. The maximum Gasteiger partial charge on any atom is 0.408 e. The van der Waals surface area contributed by atoms with Gasteiger partial charge in [-0.1, -0.05) is 42.5 Å². The molecule has 5 atom stereocenters. The number of aromatic hydroxyl groups is 1. The number of rotatable bonds is 12. The zero-order valence-electron chi connectivity index (χ0n) is 20.3. The molecule has 3 amide bonds. The number of aliphatic hydroxyl groups is 2. The van der Waals surface area contributed by atoms with E-state index in [1.807, 2.05) is 0 Å². The number of hydrogen-bond acceptors (Lipinski definition) is 8. The van der Waals surface area contributed by atoms with Crippen LogP contribution >= 0.6 is 0 Å². The lowest BCUT2D eigenvalue weighted by Crippen LogP contribution is -2.59. The summed E-state index contributed by atoms with van der Waals surface area (Å²) in [5, 5.41) is 45.4. The molecule has 0 saturated carbocycles. The summed E-state index contributed by atoms with van der Waals surface area (Å²) in [5.41, 5.74) is 1.21. The van der Waals surface area contributed by atoms with Gasteiger partial charge in [-0.2, -0.15) is 0 Å². The molecule has 12 heteroatoms. The lowest BCUT2D eigenvalue weighted by molar-refractivity contribution is -0.145. The number of amides is 3. The SMILES string of the molecule is C[C@@H](O)[C@H](NC(=O)[C@H](Cc1ccc(O)cc1)NC(=O)[C@@H](NC(=O)OCc1ccccc1)[C@@H](C)O)C(=O)O. The Morgan fingerprint density at radius 3 is 1.92 bits per heavy atom. The molecular weight excluding hydrogens is 486 g/mol. The van der Waals surface area contributed by atoms with Crippen LogP contribution in [0.2, 0.25) is 0 Å². The van der Waals surface area contributed by atoms with E-state index < -0.39 is 54.2 Å². The van der Waals surface area contributed by atoms with Crippen molar-refractivity contribution in [3.05, 3.63) is 65.7 Å². The standard InChI is InChI=1S/C25H31N3O9/c1-14(29)20(28-25(36)37-13-17-6-4-3-5-7-17)23(33)26-19(12-16-8-10-18(31)11-9-16)22(32)27-21(15(2)30)24(34)35/h3-11,14-15,19-21,29-31H,12-13H2,1-2H3,(H,26,33)(H,27,32)(H,28,36)(H,34,35)/t14-,15-,19+,20+,21+/m1/s1. The number of phenolic OH excluding ortho intramolecular Hbond substituents is 1. The second-order valence-corrected chi connectivity index (χ2v) is 8.42. The highest BCUT2D eigenvalue weighted by molar-refractivity contribution is 5.93. The van der Waals surface area contributed by atoms with Crippen LogP contribution in [0.5, 0.6) is 5.75 Å². The van der Waals surface area contributed by atoms with Crippen LogP contribution in [0.15, 0.2) is 54.6 Å². The van der Waals surface area contributed by atoms with Crippen LogP contribution in [-0.4, -0.2) is 74.6 Å². The number of ether oxygens (including phenoxy) is 1. The van der Waals surface area contributed by atoms with Gasteiger partial charge in [0.25, 0.3) is 0 Å². The number of alkyl carbamates (subject to hydrolysis) is 1. The van der Waals surface area contributed by atoms with E-state index in [4.69, 9.17) is 4.74 Å². The van der Waals surface area contributed by atoms with Gasteiger partial charge in [-0.3, -0.25) is 9.59 Å². The molecule has 0 saturated heterocycles. The van der Waals surface area contributed by atoms with Crippen molar-refractivity contribution < 1.29 is 44.3 Å². The molecule has 0 aliphatic heterocycles. The van der Waals surface area contributed by atoms with Crippen LogP contribution in [0.4, 0.5) is 4.79 Å². The molecule has 2 aromatic rings. The van der Waals surface area contributed by atoms with E-state index in [9.17, 15) is 39.6 Å². The second-order valence-electron chi connectivity index (χ2n) is 8.42. The molecule has 7 N–H and O–H groups in total. The highest BCUT2D eigenvalue weighted by Gasteiger charge is 2.33. The fourth-order valence-corrected chi connectivity index (χ4v) is 3.28. The van der Waals surface area contributed by atoms with Gasteiger partial charge < -0.3 is 41.1 Å². The minimum atomic E-state index is -1.65. The predicted octanol–water partition coefficient (Wildman–Crippen LogP) is 0.0455. The van der Waals surface area contributed by atoms with E-state index in [1.165, 1.54) is 38.1 Å². The fraction of sp³-hybridized carbons (Fsp3) is 0.360. The van der Waals surface area contributed by atoms with Gasteiger partial charge in [-0.25, -0.2) is 9.59 Å². The summed E-state index contributed by atoms with van der Waals surface area (Å²) in [4.78, 5) is 49.6. The summed E-state index contributed by atoms with van der Waals surface area (Å²) < 4.78 is 5.09. The number of aliphatic carboxylic acids is 1. The van der Waals surface area contributed by atoms with Crippen LogP contribution in [0, 0.1) is 0 Å². The molecule has 0 radical (unpaired) electrons. The molecule has 0 aliphatic rings. The largest absolute Gasteiger partial charge is 0.508 e. The predicted molar refractivity (Wildman–Crippen MR) is 130 cm³/mol. The molecule has 0 unspecified atom stereocenters. The quantitative estimate of drug-likeness (QED) is 0.203.